The first-order valence-electron chi connectivity index (χ1n) is 9.37. The molecule has 2 amide bonds. The Balaban J connectivity index is 1.71. The summed E-state index contributed by atoms with van der Waals surface area (Å²) >= 11 is 0. The summed E-state index contributed by atoms with van der Waals surface area (Å²) in [5, 5.41) is 7.56. The van der Waals surface area contributed by atoms with Gasteiger partial charge in [0.15, 0.2) is 11.5 Å². The molecule has 4 rings (SSSR count). The largest absolute Gasteiger partial charge is 0.355 e. The quantitative estimate of drug-likeness (QED) is 0.555. The van der Waals surface area contributed by atoms with Crippen LogP contribution in [0.5, 0.6) is 0 Å². The van der Waals surface area contributed by atoms with Crippen LogP contribution < -0.4 is 16.0 Å². The van der Waals surface area contributed by atoms with Gasteiger partial charge in [0.2, 0.25) is 0 Å². The number of carbonyl (C=O) groups is 2. The third kappa shape index (κ3) is 4.44. The first-order chi connectivity index (χ1) is 15.0. The van der Waals surface area contributed by atoms with Crippen LogP contribution in [-0.4, -0.2) is 38.8 Å². The Labute approximate surface area is 175 Å². The fourth-order valence-corrected chi connectivity index (χ4v) is 2.94. The lowest BCUT2D eigenvalue weighted by Gasteiger charge is -2.14. The molecule has 0 unspecified atom stereocenters. The van der Waals surface area contributed by atoms with Crippen LogP contribution in [0.3, 0.4) is 0 Å². The van der Waals surface area contributed by atoms with E-state index in [2.05, 4.69) is 35.9 Å². The highest BCUT2D eigenvalue weighted by atomic mass is 19.1. The van der Waals surface area contributed by atoms with Gasteiger partial charge in [-0.25, -0.2) is 28.7 Å². The lowest BCUT2D eigenvalue weighted by atomic mass is 10.1. The van der Waals surface area contributed by atoms with Crippen molar-refractivity contribution in [1.29, 1.82) is 0 Å². The zero-order chi connectivity index (χ0) is 22.0. The number of amides is 2. The fourth-order valence-electron chi connectivity index (χ4n) is 2.94. The van der Waals surface area contributed by atoms with Gasteiger partial charge in [-0.05, 0) is 18.9 Å². The van der Waals surface area contributed by atoms with Crippen LogP contribution in [0.1, 0.15) is 45.3 Å². The van der Waals surface area contributed by atoms with Gasteiger partial charge in [-0.15, -0.1) is 0 Å². The smallest absolute Gasteiger partial charge is 0.278 e. The molecule has 1 fully saturated rings. The topological polar surface area (TPSA) is 122 Å². The number of rotatable bonds is 6. The van der Waals surface area contributed by atoms with Gasteiger partial charge in [0.05, 0.1) is 41.2 Å². The lowest BCUT2D eigenvalue weighted by Crippen LogP contribution is -2.24. The third-order valence-electron chi connectivity index (χ3n) is 4.58. The number of benzene rings is 1. The molecule has 158 valence electrons. The molecule has 9 nitrogen and oxygen atoms in total. The molecule has 0 bridgehead atoms. The second kappa shape index (κ2) is 8.38. The van der Waals surface area contributed by atoms with Crippen LogP contribution in [0.25, 0.3) is 0 Å². The second-order valence-corrected chi connectivity index (χ2v) is 6.86. The summed E-state index contributed by atoms with van der Waals surface area (Å²) < 4.78 is 28.0. The predicted octanol–water partition coefficient (Wildman–Crippen LogP) is 2.78. The van der Waals surface area contributed by atoms with E-state index in [4.69, 9.17) is 0 Å². The van der Waals surface area contributed by atoms with Gasteiger partial charge in [-0.3, -0.25) is 9.59 Å². The van der Waals surface area contributed by atoms with Crippen molar-refractivity contribution in [2.45, 2.75) is 18.8 Å². The number of nitrogens with zero attached hydrogens (tertiary/aromatic N) is 4. The molecule has 1 aromatic carbocycles. The minimum Gasteiger partial charge on any atom is -0.355 e. The molecule has 0 radical (unpaired) electrons. The van der Waals surface area contributed by atoms with Crippen molar-refractivity contribution in [2.24, 2.45) is 0 Å². The van der Waals surface area contributed by atoms with E-state index in [9.17, 15) is 18.4 Å². The molecule has 0 aliphatic heterocycles. The Morgan fingerprint density at radius 1 is 1.06 bits per heavy atom. The molecule has 3 aromatic rings. The molecule has 0 saturated heterocycles. The van der Waals surface area contributed by atoms with Crippen LogP contribution in [0.2, 0.25) is 0 Å². The lowest BCUT2D eigenvalue weighted by molar-refractivity contribution is 0.0960. The molecule has 1 saturated carbocycles. The summed E-state index contributed by atoms with van der Waals surface area (Å²) in [5.74, 6) is -3.34. The summed E-state index contributed by atoms with van der Waals surface area (Å²) in [4.78, 5) is 41.6. The van der Waals surface area contributed by atoms with Crippen LogP contribution in [-0.2, 0) is 0 Å². The summed E-state index contributed by atoms with van der Waals surface area (Å²) in [6.45, 7) is 0. The zero-order valence-corrected chi connectivity index (χ0v) is 16.3. The van der Waals surface area contributed by atoms with Crippen LogP contribution >= 0.6 is 0 Å². The van der Waals surface area contributed by atoms with Crippen molar-refractivity contribution in [3.63, 3.8) is 0 Å². The fraction of sp³-hybridized carbons (Fsp3) is 0.200. The van der Waals surface area contributed by atoms with Crippen molar-refractivity contribution in [2.75, 3.05) is 17.7 Å². The van der Waals surface area contributed by atoms with Crippen molar-refractivity contribution in [1.82, 2.24) is 25.3 Å². The van der Waals surface area contributed by atoms with E-state index in [-0.39, 0.29) is 23.1 Å². The van der Waals surface area contributed by atoms with E-state index in [1.54, 1.807) is 6.20 Å². The molecule has 1 aliphatic carbocycles. The summed E-state index contributed by atoms with van der Waals surface area (Å²) in [6.07, 6.45) is 7.75. The van der Waals surface area contributed by atoms with E-state index >= 15 is 0 Å². The maximum Gasteiger partial charge on any atom is 0.278 e. The minimum absolute atomic E-state index is 0.0965. The maximum atomic E-state index is 14.2. The normalized spacial score (nSPS) is 12.9. The number of hydrogen-bond donors (Lipinski definition) is 3. The predicted molar refractivity (Wildman–Crippen MR) is 107 cm³/mol. The number of carbonyl (C=O) groups excluding carboxylic acids is 2. The van der Waals surface area contributed by atoms with Crippen molar-refractivity contribution >= 4 is 29.0 Å². The number of anilines is 3. The van der Waals surface area contributed by atoms with E-state index in [1.807, 2.05) is 0 Å². The van der Waals surface area contributed by atoms with Crippen molar-refractivity contribution in [3.8, 4) is 0 Å². The van der Waals surface area contributed by atoms with Gasteiger partial charge < -0.3 is 16.0 Å². The Morgan fingerprint density at radius 3 is 2.48 bits per heavy atom. The van der Waals surface area contributed by atoms with E-state index < -0.39 is 29.0 Å². The van der Waals surface area contributed by atoms with Gasteiger partial charge in [0.25, 0.3) is 11.8 Å². The van der Waals surface area contributed by atoms with Crippen LogP contribution in [0.15, 0.2) is 37.1 Å². The summed E-state index contributed by atoms with van der Waals surface area (Å²) in [6, 6.07) is 1.43. The highest BCUT2D eigenvalue weighted by Crippen LogP contribution is 2.39. The van der Waals surface area contributed by atoms with Crippen LogP contribution in [0.4, 0.5) is 26.0 Å². The molecule has 31 heavy (non-hydrogen) atoms. The molecule has 2 heterocycles. The number of nitrogens with one attached hydrogen (secondary N) is 3. The Morgan fingerprint density at radius 2 is 1.81 bits per heavy atom. The number of hydrogen-bond acceptors (Lipinski definition) is 7. The van der Waals surface area contributed by atoms with Gasteiger partial charge in [0, 0.05) is 19.0 Å². The molecule has 3 N–H and O–H groups in total. The van der Waals surface area contributed by atoms with Crippen molar-refractivity contribution in [3.05, 3.63) is 65.6 Å². The molecule has 1 aliphatic rings. The Hall–Kier alpha value is -4.02. The van der Waals surface area contributed by atoms with Crippen molar-refractivity contribution < 1.29 is 18.4 Å². The average Bonchev–Trinajstić information content (AvgIpc) is 3.59. The number of aromatic nitrogens is 4. The van der Waals surface area contributed by atoms with Gasteiger partial charge >= 0.3 is 0 Å². The van der Waals surface area contributed by atoms with Gasteiger partial charge in [0.1, 0.15) is 18.0 Å². The number of halogens is 2. The molecule has 0 atom stereocenters. The highest BCUT2D eigenvalue weighted by molar-refractivity contribution is 6.10. The SMILES string of the molecule is CNC(=O)c1c(F)cc(F)cc1NC(=O)c1nc(C2CC2)cnc1Nc1cncnc1. The average molecular weight is 425 g/mol. The first kappa shape index (κ1) is 20.3. The van der Waals surface area contributed by atoms with E-state index in [0.717, 1.165) is 18.9 Å². The standard InChI is InChI=1S/C20H17F2N7O2/c1-23-19(30)16-13(22)4-11(21)5-14(16)29-20(31)17-18(27-12-6-24-9-25-7-12)26-8-15(28-17)10-2-3-10/h4-10H,2-3H2,1H3,(H,23,30)(H,26,27)(H,29,31). The minimum atomic E-state index is -1.10. The Kier molecular flexibility index (Phi) is 5.48. The molecule has 11 heteroatoms. The van der Waals surface area contributed by atoms with Crippen LogP contribution in [0, 0.1) is 11.6 Å². The highest BCUT2D eigenvalue weighted by Gasteiger charge is 2.28. The molecular formula is C20H17F2N7O2. The van der Waals surface area contributed by atoms with E-state index in [0.29, 0.717) is 17.4 Å². The maximum absolute atomic E-state index is 14.2. The summed E-state index contributed by atoms with van der Waals surface area (Å²) in [7, 11) is 1.30. The Bertz CT molecular complexity index is 1150. The van der Waals surface area contributed by atoms with E-state index in [1.165, 1.54) is 25.8 Å². The summed E-state index contributed by atoms with van der Waals surface area (Å²) in [5.41, 5.74) is 0.189. The molecular weight excluding hydrogens is 408 g/mol. The monoisotopic (exact) mass is 425 g/mol. The molecule has 0 spiro atoms. The second-order valence-electron chi connectivity index (χ2n) is 6.86. The first-order valence-corrected chi connectivity index (χ1v) is 9.37. The van der Waals surface area contributed by atoms with Gasteiger partial charge in [-0.2, -0.15) is 0 Å². The van der Waals surface area contributed by atoms with Gasteiger partial charge in [-0.1, -0.05) is 0 Å². The molecule has 2 aromatic heterocycles. The zero-order valence-electron chi connectivity index (χ0n) is 16.3. The third-order valence-corrected chi connectivity index (χ3v) is 4.58.